The third-order valence-electron chi connectivity index (χ3n) is 1.78. The fourth-order valence-corrected chi connectivity index (χ4v) is 0.987. The topological polar surface area (TPSA) is 61.7 Å². The number of hydrogen-bond acceptors (Lipinski definition) is 4. The molecule has 0 aliphatic rings. The van der Waals surface area contributed by atoms with Crippen molar-refractivity contribution >= 4 is 5.69 Å². The van der Waals surface area contributed by atoms with E-state index < -0.39 is 6.10 Å². The summed E-state index contributed by atoms with van der Waals surface area (Å²) < 4.78 is 5.25. The van der Waals surface area contributed by atoms with Gasteiger partial charge < -0.3 is 20.3 Å². The van der Waals surface area contributed by atoms with Crippen molar-refractivity contribution in [2.75, 3.05) is 25.6 Å². The highest BCUT2D eigenvalue weighted by Crippen LogP contribution is 2.16. The van der Waals surface area contributed by atoms with Gasteiger partial charge in [-0.15, -0.1) is 0 Å². The van der Waals surface area contributed by atoms with Gasteiger partial charge in [0.15, 0.2) is 0 Å². The molecule has 4 heteroatoms. The van der Waals surface area contributed by atoms with Gasteiger partial charge in [-0.1, -0.05) is 6.07 Å². The van der Waals surface area contributed by atoms with Crippen molar-refractivity contribution in [3.63, 3.8) is 0 Å². The molecule has 1 aromatic carbocycles. The number of nitrogens with one attached hydrogen (secondary N) is 1. The first-order valence-corrected chi connectivity index (χ1v) is 4.46. The molecule has 4 nitrogen and oxygen atoms in total. The highest BCUT2D eigenvalue weighted by Gasteiger charge is 2.02. The molecule has 0 saturated carbocycles. The lowest BCUT2D eigenvalue weighted by Gasteiger charge is -2.10. The summed E-state index contributed by atoms with van der Waals surface area (Å²) in [4.78, 5) is 0. The Morgan fingerprint density at radius 1 is 1.50 bits per heavy atom. The summed E-state index contributed by atoms with van der Waals surface area (Å²) in [6, 6.07) is 7.39. The minimum atomic E-state index is -0.826. The zero-order chi connectivity index (χ0) is 10.4. The average molecular weight is 197 g/mol. The third-order valence-corrected chi connectivity index (χ3v) is 1.78. The van der Waals surface area contributed by atoms with Crippen molar-refractivity contribution in [3.05, 3.63) is 24.3 Å². The molecule has 0 amide bonds. The zero-order valence-corrected chi connectivity index (χ0v) is 8.10. The van der Waals surface area contributed by atoms with Gasteiger partial charge in [-0.05, 0) is 12.1 Å². The van der Waals surface area contributed by atoms with Crippen LogP contribution in [0.15, 0.2) is 24.3 Å². The number of rotatable bonds is 5. The fourth-order valence-electron chi connectivity index (χ4n) is 0.987. The van der Waals surface area contributed by atoms with E-state index in [1.165, 1.54) is 0 Å². The second kappa shape index (κ2) is 5.47. The monoisotopic (exact) mass is 197 g/mol. The van der Waals surface area contributed by atoms with E-state index in [0.29, 0.717) is 5.75 Å². The standard InChI is InChI=1S/C10H15NO3/c1-11-8-3-2-4-10(5-8)14-7-9(13)6-12/h2-5,9,11-13H,6-7H2,1H3. The molecule has 1 unspecified atom stereocenters. The van der Waals surface area contributed by atoms with Crippen LogP contribution < -0.4 is 10.1 Å². The lowest BCUT2D eigenvalue weighted by Crippen LogP contribution is -2.21. The van der Waals surface area contributed by atoms with Gasteiger partial charge >= 0.3 is 0 Å². The number of aliphatic hydroxyl groups excluding tert-OH is 2. The Hall–Kier alpha value is -1.26. The van der Waals surface area contributed by atoms with Crippen LogP contribution in [0.3, 0.4) is 0 Å². The molecule has 0 aliphatic carbocycles. The Bertz CT molecular complexity index is 278. The Balaban J connectivity index is 2.50. The van der Waals surface area contributed by atoms with E-state index in [9.17, 15) is 0 Å². The summed E-state index contributed by atoms with van der Waals surface area (Å²) in [6.07, 6.45) is -0.826. The lowest BCUT2D eigenvalue weighted by molar-refractivity contribution is 0.0536. The van der Waals surface area contributed by atoms with Crippen molar-refractivity contribution in [1.29, 1.82) is 0 Å². The van der Waals surface area contributed by atoms with Crippen molar-refractivity contribution in [1.82, 2.24) is 0 Å². The summed E-state index contributed by atoms with van der Waals surface area (Å²) in [7, 11) is 1.82. The van der Waals surface area contributed by atoms with E-state index in [1.807, 2.05) is 25.2 Å². The molecule has 14 heavy (non-hydrogen) atoms. The van der Waals surface area contributed by atoms with Crippen LogP contribution in [0.4, 0.5) is 5.69 Å². The van der Waals surface area contributed by atoms with Gasteiger partial charge in [0.2, 0.25) is 0 Å². The molecule has 0 bridgehead atoms. The van der Waals surface area contributed by atoms with Gasteiger partial charge in [-0.25, -0.2) is 0 Å². The fraction of sp³-hybridized carbons (Fsp3) is 0.400. The van der Waals surface area contributed by atoms with Crippen LogP contribution in [0.1, 0.15) is 0 Å². The predicted molar refractivity (Wildman–Crippen MR) is 54.6 cm³/mol. The van der Waals surface area contributed by atoms with Gasteiger partial charge in [0, 0.05) is 18.8 Å². The van der Waals surface area contributed by atoms with Crippen molar-refractivity contribution in [2.45, 2.75) is 6.10 Å². The lowest BCUT2D eigenvalue weighted by atomic mass is 10.3. The molecule has 0 saturated heterocycles. The summed E-state index contributed by atoms with van der Waals surface area (Å²) in [6.45, 7) is -0.185. The number of aliphatic hydroxyl groups is 2. The Labute approximate surface area is 83.1 Å². The van der Waals surface area contributed by atoms with Crippen LogP contribution in [0.5, 0.6) is 5.75 Å². The molecule has 0 aromatic heterocycles. The predicted octanol–water partition coefficient (Wildman–Crippen LogP) is 0.460. The normalized spacial score (nSPS) is 12.2. The van der Waals surface area contributed by atoms with Crippen LogP contribution in [-0.4, -0.2) is 36.6 Å². The highest BCUT2D eigenvalue weighted by molar-refractivity contribution is 5.47. The molecule has 78 valence electrons. The van der Waals surface area contributed by atoms with Gasteiger partial charge in [0.25, 0.3) is 0 Å². The maximum Gasteiger partial charge on any atom is 0.121 e. The molecule has 1 aromatic rings. The molecular formula is C10H15NO3. The number of benzene rings is 1. The molecule has 1 atom stereocenters. The van der Waals surface area contributed by atoms with E-state index in [2.05, 4.69) is 5.32 Å². The quantitative estimate of drug-likeness (QED) is 0.641. The first kappa shape index (κ1) is 10.8. The van der Waals surface area contributed by atoms with Crippen LogP contribution in [0.25, 0.3) is 0 Å². The summed E-state index contributed by atoms with van der Waals surface area (Å²) in [5, 5.41) is 20.6. The second-order valence-electron chi connectivity index (χ2n) is 2.93. The van der Waals surface area contributed by atoms with E-state index in [0.717, 1.165) is 5.69 Å². The van der Waals surface area contributed by atoms with Gasteiger partial charge in [0.05, 0.1) is 6.61 Å². The molecule has 0 radical (unpaired) electrons. The molecule has 0 aliphatic heterocycles. The van der Waals surface area contributed by atoms with E-state index >= 15 is 0 Å². The van der Waals surface area contributed by atoms with Crippen LogP contribution in [0.2, 0.25) is 0 Å². The maximum absolute atomic E-state index is 9.06. The number of ether oxygens (including phenoxy) is 1. The maximum atomic E-state index is 9.06. The summed E-state index contributed by atoms with van der Waals surface area (Å²) in [5.74, 6) is 0.671. The Morgan fingerprint density at radius 2 is 2.29 bits per heavy atom. The minimum absolute atomic E-state index is 0.101. The average Bonchev–Trinajstić information content (AvgIpc) is 2.26. The van der Waals surface area contributed by atoms with E-state index in [4.69, 9.17) is 14.9 Å². The minimum Gasteiger partial charge on any atom is -0.491 e. The van der Waals surface area contributed by atoms with Gasteiger partial charge in [-0.3, -0.25) is 0 Å². The number of anilines is 1. The van der Waals surface area contributed by atoms with Gasteiger partial charge in [-0.2, -0.15) is 0 Å². The second-order valence-corrected chi connectivity index (χ2v) is 2.93. The van der Waals surface area contributed by atoms with Crippen molar-refractivity contribution in [2.24, 2.45) is 0 Å². The number of hydrogen-bond donors (Lipinski definition) is 3. The molecular weight excluding hydrogens is 182 g/mol. The molecule has 0 heterocycles. The Kier molecular flexibility index (Phi) is 4.22. The first-order chi connectivity index (χ1) is 6.76. The largest absolute Gasteiger partial charge is 0.491 e. The smallest absolute Gasteiger partial charge is 0.121 e. The SMILES string of the molecule is CNc1cccc(OCC(O)CO)c1. The summed E-state index contributed by atoms with van der Waals surface area (Å²) in [5.41, 5.74) is 0.945. The zero-order valence-electron chi connectivity index (χ0n) is 8.10. The van der Waals surface area contributed by atoms with Crippen LogP contribution in [0, 0.1) is 0 Å². The van der Waals surface area contributed by atoms with Crippen LogP contribution in [-0.2, 0) is 0 Å². The summed E-state index contributed by atoms with van der Waals surface area (Å²) >= 11 is 0. The van der Waals surface area contributed by atoms with Crippen molar-refractivity contribution < 1.29 is 14.9 Å². The molecule has 0 spiro atoms. The molecule has 1 rings (SSSR count). The van der Waals surface area contributed by atoms with E-state index in [1.54, 1.807) is 6.07 Å². The molecule has 0 fully saturated rings. The van der Waals surface area contributed by atoms with Crippen LogP contribution >= 0.6 is 0 Å². The first-order valence-electron chi connectivity index (χ1n) is 4.46. The van der Waals surface area contributed by atoms with Gasteiger partial charge in [0.1, 0.15) is 18.5 Å². The third kappa shape index (κ3) is 3.24. The van der Waals surface area contributed by atoms with Crippen molar-refractivity contribution in [3.8, 4) is 5.75 Å². The van der Waals surface area contributed by atoms with E-state index in [-0.39, 0.29) is 13.2 Å². The highest BCUT2D eigenvalue weighted by atomic mass is 16.5. The molecule has 3 N–H and O–H groups in total. The Morgan fingerprint density at radius 3 is 2.93 bits per heavy atom.